The molecule has 1 aliphatic rings. The number of carbonyl (C=O) groups excluding carboxylic acids is 1. The van der Waals surface area contributed by atoms with Gasteiger partial charge in [-0.3, -0.25) is 9.36 Å². The Balaban J connectivity index is 1.98. The highest BCUT2D eigenvalue weighted by atomic mass is 19.1. The van der Waals surface area contributed by atoms with Crippen molar-refractivity contribution in [3.63, 3.8) is 0 Å². The zero-order valence-corrected chi connectivity index (χ0v) is 12.7. The van der Waals surface area contributed by atoms with Gasteiger partial charge in [-0.1, -0.05) is 0 Å². The van der Waals surface area contributed by atoms with Crippen LogP contribution in [-0.4, -0.2) is 60.9 Å². The van der Waals surface area contributed by atoms with E-state index < -0.39 is 42.8 Å². The van der Waals surface area contributed by atoms with Gasteiger partial charge in [-0.15, -0.1) is 5.10 Å². The van der Waals surface area contributed by atoms with Crippen LogP contribution in [0.25, 0.3) is 11.3 Å². The molecule has 25 heavy (non-hydrogen) atoms. The van der Waals surface area contributed by atoms with Crippen molar-refractivity contribution in [2.45, 2.75) is 24.6 Å². The largest absolute Gasteiger partial charge is 0.394 e. The molecule has 0 bridgehead atoms. The van der Waals surface area contributed by atoms with Crippen LogP contribution >= 0.6 is 0 Å². The first-order valence-corrected chi connectivity index (χ1v) is 7.23. The molecule has 2 aromatic heterocycles. The summed E-state index contributed by atoms with van der Waals surface area (Å²) in [5.74, 6) is -0.842. The van der Waals surface area contributed by atoms with E-state index in [1.807, 2.05) is 0 Å². The molecule has 0 aromatic carbocycles. The number of alkyl halides is 1. The maximum atomic E-state index is 14.1. The molecule has 0 spiro atoms. The SMILES string of the molecule is NC(=O)c1nnccc1-c1ccn([C@H]2O[C@H](CO)[C@@H](O)[C@H]2F)c(=O)n1. The molecule has 11 heteroatoms. The lowest BCUT2D eigenvalue weighted by Crippen LogP contribution is -2.33. The number of hydrogen-bond acceptors (Lipinski definition) is 8. The van der Waals surface area contributed by atoms with Gasteiger partial charge in [0.05, 0.1) is 18.5 Å². The van der Waals surface area contributed by atoms with Crippen LogP contribution in [0.1, 0.15) is 16.7 Å². The Morgan fingerprint density at radius 3 is 2.80 bits per heavy atom. The third kappa shape index (κ3) is 2.99. The predicted octanol–water partition coefficient (Wildman–Crippen LogP) is -1.61. The average Bonchev–Trinajstić information content (AvgIpc) is 2.89. The molecule has 1 aliphatic heterocycles. The standard InChI is InChI=1S/C14H14FN5O5/c15-9-11(22)8(5-21)25-13(9)20-4-2-7(18-14(20)24)6-1-3-17-19-10(6)12(16)23/h1-4,8-9,11,13,21-22H,5H2,(H2,16,23)/t8-,9-,11-,13+/m1/s1. The van der Waals surface area contributed by atoms with Crippen LogP contribution in [0.4, 0.5) is 4.39 Å². The molecule has 1 amide bonds. The number of carbonyl (C=O) groups is 1. The van der Waals surface area contributed by atoms with Gasteiger partial charge in [-0.2, -0.15) is 10.1 Å². The third-order valence-electron chi connectivity index (χ3n) is 3.81. The van der Waals surface area contributed by atoms with E-state index in [9.17, 15) is 19.1 Å². The van der Waals surface area contributed by atoms with Gasteiger partial charge < -0.3 is 20.7 Å². The van der Waals surface area contributed by atoms with E-state index in [0.717, 1.165) is 4.57 Å². The Kier molecular flexibility index (Phi) is 4.53. The quantitative estimate of drug-likeness (QED) is 0.594. The molecule has 1 saturated heterocycles. The van der Waals surface area contributed by atoms with E-state index in [2.05, 4.69) is 15.2 Å². The molecule has 0 radical (unpaired) electrons. The summed E-state index contributed by atoms with van der Waals surface area (Å²) in [5.41, 5.74) is 4.47. The molecular weight excluding hydrogens is 337 g/mol. The molecule has 1 fully saturated rings. The van der Waals surface area contributed by atoms with Gasteiger partial charge in [-0.05, 0) is 12.1 Å². The molecule has 4 N–H and O–H groups in total. The minimum Gasteiger partial charge on any atom is -0.394 e. The van der Waals surface area contributed by atoms with Crippen LogP contribution < -0.4 is 11.4 Å². The second kappa shape index (κ2) is 6.63. The summed E-state index contributed by atoms with van der Waals surface area (Å²) in [6.07, 6.45) is -3.53. The Labute approximate surface area is 139 Å². The fourth-order valence-corrected chi connectivity index (χ4v) is 2.56. The number of aliphatic hydroxyl groups is 2. The Morgan fingerprint density at radius 1 is 1.44 bits per heavy atom. The smallest absolute Gasteiger partial charge is 0.350 e. The van der Waals surface area contributed by atoms with Crippen molar-refractivity contribution < 1.29 is 24.1 Å². The monoisotopic (exact) mass is 351 g/mol. The minimum absolute atomic E-state index is 0.0950. The normalized spacial score (nSPS) is 25.9. The number of aromatic nitrogens is 4. The molecular formula is C14H14FN5O5. The topological polar surface area (TPSA) is 153 Å². The second-order valence-electron chi connectivity index (χ2n) is 5.34. The molecule has 0 unspecified atom stereocenters. The van der Waals surface area contributed by atoms with Crippen LogP contribution in [0.3, 0.4) is 0 Å². The highest BCUT2D eigenvalue weighted by Crippen LogP contribution is 2.31. The van der Waals surface area contributed by atoms with Crippen molar-refractivity contribution in [2.75, 3.05) is 6.61 Å². The first kappa shape index (κ1) is 17.1. The first-order chi connectivity index (χ1) is 11.9. The van der Waals surface area contributed by atoms with E-state index in [1.165, 1.54) is 24.5 Å². The Bertz CT molecular complexity index is 860. The van der Waals surface area contributed by atoms with Crippen LogP contribution in [0, 0.1) is 0 Å². The summed E-state index contributed by atoms with van der Waals surface area (Å²) in [6, 6.07) is 2.76. The highest BCUT2D eigenvalue weighted by molar-refractivity contribution is 5.97. The number of nitrogens with two attached hydrogens (primary N) is 1. The molecule has 132 valence electrons. The maximum Gasteiger partial charge on any atom is 0.350 e. The van der Waals surface area contributed by atoms with Gasteiger partial charge in [0.15, 0.2) is 18.1 Å². The second-order valence-corrected chi connectivity index (χ2v) is 5.34. The lowest BCUT2D eigenvalue weighted by molar-refractivity contribution is -0.0491. The van der Waals surface area contributed by atoms with Crippen molar-refractivity contribution in [2.24, 2.45) is 5.73 Å². The van der Waals surface area contributed by atoms with Crippen molar-refractivity contribution in [3.8, 4) is 11.3 Å². The van der Waals surface area contributed by atoms with E-state index >= 15 is 0 Å². The van der Waals surface area contributed by atoms with Crippen LogP contribution in [0.5, 0.6) is 0 Å². The summed E-state index contributed by atoms with van der Waals surface area (Å²) >= 11 is 0. The zero-order chi connectivity index (χ0) is 18.1. The molecule has 0 saturated carbocycles. The molecule has 3 rings (SSSR count). The molecule has 3 heterocycles. The fourth-order valence-electron chi connectivity index (χ4n) is 2.56. The number of hydrogen-bond donors (Lipinski definition) is 3. The summed E-state index contributed by atoms with van der Waals surface area (Å²) in [7, 11) is 0. The Hall–Kier alpha value is -2.76. The van der Waals surface area contributed by atoms with Crippen LogP contribution in [-0.2, 0) is 4.74 Å². The van der Waals surface area contributed by atoms with Gasteiger partial charge in [-0.25, -0.2) is 9.18 Å². The van der Waals surface area contributed by atoms with E-state index in [1.54, 1.807) is 0 Å². The van der Waals surface area contributed by atoms with Crippen molar-refractivity contribution >= 4 is 5.91 Å². The van der Waals surface area contributed by atoms with Gasteiger partial charge >= 0.3 is 5.69 Å². The van der Waals surface area contributed by atoms with Crippen molar-refractivity contribution in [1.29, 1.82) is 0 Å². The third-order valence-corrected chi connectivity index (χ3v) is 3.81. The highest BCUT2D eigenvalue weighted by Gasteiger charge is 2.45. The lowest BCUT2D eigenvalue weighted by Gasteiger charge is -2.16. The molecule has 10 nitrogen and oxygen atoms in total. The Morgan fingerprint density at radius 2 is 2.20 bits per heavy atom. The predicted molar refractivity (Wildman–Crippen MR) is 79.9 cm³/mol. The van der Waals surface area contributed by atoms with Crippen molar-refractivity contribution in [1.82, 2.24) is 19.7 Å². The number of halogens is 1. The van der Waals surface area contributed by atoms with Gasteiger partial charge in [0.1, 0.15) is 12.2 Å². The van der Waals surface area contributed by atoms with Crippen molar-refractivity contribution in [3.05, 3.63) is 40.7 Å². The summed E-state index contributed by atoms with van der Waals surface area (Å²) in [4.78, 5) is 27.4. The van der Waals surface area contributed by atoms with E-state index in [4.69, 9.17) is 15.6 Å². The summed E-state index contributed by atoms with van der Waals surface area (Å²) in [5, 5.41) is 25.9. The number of nitrogens with zero attached hydrogens (tertiary/aromatic N) is 4. The number of amides is 1. The summed E-state index contributed by atoms with van der Waals surface area (Å²) < 4.78 is 20.1. The molecule has 4 atom stereocenters. The van der Waals surface area contributed by atoms with Gasteiger partial charge in [0, 0.05) is 11.8 Å². The number of ether oxygens (including phenoxy) is 1. The fraction of sp³-hybridized carbons (Fsp3) is 0.357. The van der Waals surface area contributed by atoms with E-state index in [0.29, 0.717) is 0 Å². The van der Waals surface area contributed by atoms with Gasteiger partial charge in [0.2, 0.25) is 0 Å². The molecule has 0 aliphatic carbocycles. The number of aliphatic hydroxyl groups excluding tert-OH is 2. The number of rotatable bonds is 4. The van der Waals surface area contributed by atoms with Crippen LogP contribution in [0.15, 0.2) is 29.3 Å². The van der Waals surface area contributed by atoms with E-state index in [-0.39, 0.29) is 17.0 Å². The number of primary amides is 1. The molecule has 2 aromatic rings. The lowest BCUT2D eigenvalue weighted by atomic mass is 10.1. The average molecular weight is 351 g/mol. The minimum atomic E-state index is -1.91. The zero-order valence-electron chi connectivity index (χ0n) is 12.7. The first-order valence-electron chi connectivity index (χ1n) is 7.23. The van der Waals surface area contributed by atoms with Gasteiger partial charge in [0.25, 0.3) is 5.91 Å². The summed E-state index contributed by atoms with van der Waals surface area (Å²) in [6.45, 7) is -0.594. The maximum absolute atomic E-state index is 14.1. The van der Waals surface area contributed by atoms with Crippen LogP contribution in [0.2, 0.25) is 0 Å².